The average molecular weight is 468 g/mol. The molecule has 0 radical (unpaired) electrons. The van der Waals surface area contributed by atoms with E-state index in [1.54, 1.807) is 24.3 Å². The molecular weight excluding hydrogens is 446 g/mol. The van der Waals surface area contributed by atoms with Gasteiger partial charge in [0.05, 0.1) is 18.8 Å². The molecule has 0 saturated carbocycles. The predicted molar refractivity (Wildman–Crippen MR) is 99.1 cm³/mol. The number of carbonyl (C=O) groups excluding carboxylic acids is 1. The van der Waals surface area contributed by atoms with Crippen LogP contribution in [0.4, 0.5) is 0 Å². The molecule has 1 aliphatic rings. The summed E-state index contributed by atoms with van der Waals surface area (Å²) < 4.78 is 28.0. The molecule has 0 amide bonds. The van der Waals surface area contributed by atoms with Gasteiger partial charge in [0.25, 0.3) is 0 Å². The van der Waals surface area contributed by atoms with Crippen molar-refractivity contribution in [3.63, 3.8) is 0 Å². The Morgan fingerprint density at radius 1 is 1.25 bits per heavy atom. The summed E-state index contributed by atoms with van der Waals surface area (Å²) in [6, 6.07) is 8.91. The van der Waals surface area contributed by atoms with Crippen LogP contribution in [0.5, 0.6) is 0 Å². The number of alkyl halides is 1. The summed E-state index contributed by atoms with van der Waals surface area (Å²) in [7, 11) is -1.40. The van der Waals surface area contributed by atoms with Gasteiger partial charge in [0, 0.05) is 10.3 Å². The first-order chi connectivity index (χ1) is 11.6. The van der Waals surface area contributed by atoms with Crippen LogP contribution in [0.1, 0.15) is 30.6 Å². The van der Waals surface area contributed by atoms with Gasteiger partial charge in [-0.25, -0.2) is 4.79 Å². The van der Waals surface area contributed by atoms with E-state index in [0.717, 1.165) is 0 Å². The molecule has 134 valence electrons. The van der Waals surface area contributed by atoms with E-state index in [9.17, 15) is 4.79 Å². The number of esters is 1. The van der Waals surface area contributed by atoms with Crippen LogP contribution in [0.2, 0.25) is 0 Å². The number of benzene rings is 1. The standard InChI is InChI=1S/C16H22IO6P/c1-3-20-24(21-4-2)23-15-10-13(17)14(22-15)11-19-16(18)12-8-6-5-7-9-12/h5-9,13-15H,3-4,10-11H2,1-2H3/t13-,14+,15?/m0/s1. The number of ether oxygens (including phenoxy) is 2. The number of hydrogen-bond donors (Lipinski definition) is 0. The van der Waals surface area contributed by atoms with E-state index in [1.165, 1.54) is 0 Å². The first-order valence-electron chi connectivity index (χ1n) is 7.88. The van der Waals surface area contributed by atoms with Gasteiger partial charge < -0.3 is 18.5 Å². The highest BCUT2D eigenvalue weighted by atomic mass is 127. The molecule has 1 fully saturated rings. The van der Waals surface area contributed by atoms with E-state index in [1.807, 2.05) is 19.9 Å². The van der Waals surface area contributed by atoms with Gasteiger partial charge in [-0.15, -0.1) is 0 Å². The van der Waals surface area contributed by atoms with Crippen LogP contribution in [-0.2, 0) is 23.0 Å². The third-order valence-electron chi connectivity index (χ3n) is 3.21. The van der Waals surface area contributed by atoms with Gasteiger partial charge in [0.2, 0.25) is 0 Å². The zero-order valence-corrected chi connectivity index (χ0v) is 16.8. The van der Waals surface area contributed by atoms with Crippen molar-refractivity contribution < 1.29 is 27.8 Å². The molecule has 3 atom stereocenters. The van der Waals surface area contributed by atoms with Crippen LogP contribution in [0, 0.1) is 0 Å². The maximum atomic E-state index is 12.0. The summed E-state index contributed by atoms with van der Waals surface area (Å²) in [5.41, 5.74) is 0.532. The van der Waals surface area contributed by atoms with Crippen LogP contribution >= 0.6 is 31.2 Å². The van der Waals surface area contributed by atoms with Crippen LogP contribution in [0.3, 0.4) is 0 Å². The molecule has 1 aromatic carbocycles. The van der Waals surface area contributed by atoms with Gasteiger partial charge in [-0.05, 0) is 26.0 Å². The van der Waals surface area contributed by atoms with E-state index < -0.39 is 14.9 Å². The Labute approximate surface area is 157 Å². The highest BCUT2D eigenvalue weighted by Crippen LogP contribution is 2.44. The summed E-state index contributed by atoms with van der Waals surface area (Å²) in [4.78, 5) is 12.0. The number of hydrogen-bond acceptors (Lipinski definition) is 6. The molecule has 8 heteroatoms. The van der Waals surface area contributed by atoms with Crippen molar-refractivity contribution in [1.82, 2.24) is 0 Å². The summed E-state index contributed by atoms with van der Waals surface area (Å²) in [5.74, 6) is -0.349. The Kier molecular flexibility index (Phi) is 8.86. The molecule has 1 saturated heterocycles. The summed E-state index contributed by atoms with van der Waals surface area (Å²) in [5, 5.41) is 0. The molecule has 1 heterocycles. The van der Waals surface area contributed by atoms with Gasteiger partial charge in [0.15, 0.2) is 6.29 Å². The second-order valence-corrected chi connectivity index (χ2v) is 7.76. The van der Waals surface area contributed by atoms with Gasteiger partial charge in [-0.2, -0.15) is 0 Å². The number of rotatable bonds is 9. The van der Waals surface area contributed by atoms with Crippen molar-refractivity contribution in [3.05, 3.63) is 35.9 Å². The third-order valence-corrected chi connectivity index (χ3v) is 5.86. The Bertz CT molecular complexity index is 497. The summed E-state index contributed by atoms with van der Waals surface area (Å²) in [6.07, 6.45) is 0.0903. The van der Waals surface area contributed by atoms with Crippen LogP contribution in [-0.4, -0.2) is 42.1 Å². The van der Waals surface area contributed by atoms with Gasteiger partial charge >= 0.3 is 14.6 Å². The molecule has 0 spiro atoms. The minimum absolute atomic E-state index is 0.191. The highest BCUT2D eigenvalue weighted by Gasteiger charge is 2.37. The highest BCUT2D eigenvalue weighted by molar-refractivity contribution is 14.1. The third kappa shape index (κ3) is 6.20. The SMILES string of the molecule is CCOP(OCC)OC1C[C@H](I)[C@@H](COC(=O)c2ccccc2)O1. The predicted octanol–water partition coefficient (Wildman–Crippen LogP) is 4.08. The maximum Gasteiger partial charge on any atom is 0.338 e. The molecule has 0 aromatic heterocycles. The molecule has 1 unspecified atom stereocenters. The largest absolute Gasteiger partial charge is 0.459 e. The van der Waals surface area contributed by atoms with Crippen molar-refractivity contribution in [3.8, 4) is 0 Å². The first kappa shape index (κ1) is 20.0. The Morgan fingerprint density at radius 3 is 2.54 bits per heavy atom. The maximum absolute atomic E-state index is 12.0. The molecule has 1 aliphatic heterocycles. The topological polar surface area (TPSA) is 63.2 Å². The van der Waals surface area contributed by atoms with E-state index in [0.29, 0.717) is 25.2 Å². The lowest BCUT2D eigenvalue weighted by Crippen LogP contribution is -2.25. The Hall–Kier alpha value is -0.310. The van der Waals surface area contributed by atoms with Gasteiger partial charge in [-0.3, -0.25) is 4.52 Å². The lowest BCUT2D eigenvalue weighted by molar-refractivity contribution is -0.0943. The minimum Gasteiger partial charge on any atom is -0.459 e. The van der Waals surface area contributed by atoms with E-state index in [2.05, 4.69) is 22.6 Å². The molecule has 0 aliphatic carbocycles. The lowest BCUT2D eigenvalue weighted by Gasteiger charge is -2.19. The smallest absolute Gasteiger partial charge is 0.338 e. The zero-order valence-electron chi connectivity index (χ0n) is 13.7. The summed E-state index contributed by atoms with van der Waals surface area (Å²) in [6.45, 7) is 5.01. The molecule has 24 heavy (non-hydrogen) atoms. The fourth-order valence-corrected chi connectivity index (χ4v) is 3.84. The quantitative estimate of drug-likeness (QED) is 0.236. The second-order valence-electron chi connectivity index (χ2n) is 4.98. The van der Waals surface area contributed by atoms with E-state index in [4.69, 9.17) is 23.0 Å². The van der Waals surface area contributed by atoms with Crippen LogP contribution in [0.25, 0.3) is 0 Å². The summed E-state index contributed by atoms with van der Waals surface area (Å²) >= 11 is 2.29. The Morgan fingerprint density at radius 2 is 1.92 bits per heavy atom. The molecule has 6 nitrogen and oxygen atoms in total. The molecule has 1 aromatic rings. The minimum atomic E-state index is -1.40. The molecule has 0 N–H and O–H groups in total. The number of carbonyl (C=O) groups is 1. The first-order valence-corrected chi connectivity index (χ1v) is 10.2. The van der Waals surface area contributed by atoms with Crippen molar-refractivity contribution in [2.45, 2.75) is 36.6 Å². The van der Waals surface area contributed by atoms with E-state index >= 15 is 0 Å². The van der Waals surface area contributed by atoms with E-state index in [-0.39, 0.29) is 22.6 Å². The zero-order chi connectivity index (χ0) is 17.4. The fraction of sp³-hybridized carbons (Fsp3) is 0.562. The number of halogens is 1. The molecule has 2 rings (SSSR count). The lowest BCUT2D eigenvalue weighted by atomic mass is 10.2. The normalized spacial score (nSPS) is 23.6. The average Bonchev–Trinajstić information content (AvgIpc) is 2.93. The van der Waals surface area contributed by atoms with Crippen molar-refractivity contribution in [2.75, 3.05) is 19.8 Å². The van der Waals surface area contributed by atoms with Gasteiger partial charge in [-0.1, -0.05) is 40.8 Å². The molecule has 0 bridgehead atoms. The van der Waals surface area contributed by atoms with Crippen molar-refractivity contribution in [2.24, 2.45) is 0 Å². The van der Waals surface area contributed by atoms with Gasteiger partial charge in [0.1, 0.15) is 12.7 Å². The Balaban J connectivity index is 1.79. The van der Waals surface area contributed by atoms with Crippen molar-refractivity contribution >= 4 is 37.2 Å². The monoisotopic (exact) mass is 468 g/mol. The second kappa shape index (κ2) is 10.6. The van der Waals surface area contributed by atoms with Crippen LogP contribution in [0.15, 0.2) is 30.3 Å². The van der Waals surface area contributed by atoms with Crippen LogP contribution < -0.4 is 0 Å². The van der Waals surface area contributed by atoms with Crippen molar-refractivity contribution in [1.29, 1.82) is 0 Å². The fourth-order valence-electron chi connectivity index (χ4n) is 2.10. The molecular formula is C16H22IO6P.